The van der Waals surface area contributed by atoms with Crippen LogP contribution in [0.2, 0.25) is 0 Å². The van der Waals surface area contributed by atoms with Crippen LogP contribution >= 0.6 is 11.8 Å². The second-order valence-corrected chi connectivity index (χ2v) is 10.7. The molecule has 2 rings (SSSR count). The number of carbonyl (C=O) groups excluding carboxylic acids is 3. The zero-order valence-corrected chi connectivity index (χ0v) is 28.7. The molecule has 0 aliphatic rings. The van der Waals surface area contributed by atoms with Gasteiger partial charge in [0.2, 0.25) is 5.91 Å². The molecule has 0 aliphatic carbocycles. The normalized spacial score (nSPS) is 11.1. The van der Waals surface area contributed by atoms with Crippen molar-refractivity contribution in [1.29, 1.82) is 0 Å². The van der Waals surface area contributed by atoms with Gasteiger partial charge >= 0.3 is 59.1 Å². The average molecular weight is 572 g/mol. The third-order valence-electron chi connectivity index (χ3n) is 6.22. The molecule has 0 radical (unpaired) electrons. The van der Waals surface area contributed by atoms with E-state index >= 15 is 0 Å². The molecule has 0 saturated heterocycles. The summed E-state index contributed by atoms with van der Waals surface area (Å²) in [5, 5.41) is 24.2. The maximum atomic E-state index is 11.8. The van der Waals surface area contributed by atoms with Crippen molar-refractivity contribution in [2.75, 3.05) is 5.32 Å². The van der Waals surface area contributed by atoms with Crippen LogP contribution in [0.25, 0.3) is 0 Å². The number of unbranched alkanes of at least 4 members (excludes halogenated alkanes) is 7. The average Bonchev–Trinajstić information content (AvgIpc) is 2.85. The standard InChI is InChI=1S/C30H41NO5S.2Na/c1-2-3-4-5-6-7-8-12-23-17-19-24(20-18-23)27(15-9-10-16-29(33)34)37-26-14-11-13-25(21-26)31-28(32)22-30(35)36;;/h11,13-14,17-21,27H,2-10,12,15-16,22H2,1H3,(H,31,32)(H,33,34)(H,35,36);;/q;2*+1/p-2. The van der Waals surface area contributed by atoms with Crippen molar-refractivity contribution in [3.63, 3.8) is 0 Å². The van der Waals surface area contributed by atoms with Crippen molar-refractivity contribution in [3.8, 4) is 0 Å². The van der Waals surface area contributed by atoms with E-state index in [0.29, 0.717) is 12.1 Å². The first-order valence-electron chi connectivity index (χ1n) is 13.4. The molecule has 6 nitrogen and oxygen atoms in total. The summed E-state index contributed by atoms with van der Waals surface area (Å²) in [6.45, 7) is 2.24. The van der Waals surface area contributed by atoms with Gasteiger partial charge in [-0.3, -0.25) is 4.79 Å². The molecule has 1 atom stereocenters. The first-order valence-corrected chi connectivity index (χ1v) is 14.3. The van der Waals surface area contributed by atoms with Crippen molar-refractivity contribution >= 4 is 35.3 Å². The zero-order valence-electron chi connectivity index (χ0n) is 23.8. The van der Waals surface area contributed by atoms with E-state index in [1.165, 1.54) is 56.1 Å². The third kappa shape index (κ3) is 17.6. The summed E-state index contributed by atoms with van der Waals surface area (Å²) in [5.74, 6) is -3.08. The number of nitrogens with one attached hydrogen (secondary N) is 1. The van der Waals surface area contributed by atoms with Crippen LogP contribution in [0.5, 0.6) is 0 Å². The molecule has 1 amide bonds. The summed E-state index contributed by atoms with van der Waals surface area (Å²) in [4.78, 5) is 34.2. The van der Waals surface area contributed by atoms with Gasteiger partial charge in [0.15, 0.2) is 0 Å². The minimum Gasteiger partial charge on any atom is -0.550 e. The van der Waals surface area contributed by atoms with Crippen molar-refractivity contribution in [2.45, 2.75) is 101 Å². The smallest absolute Gasteiger partial charge is 0.550 e. The Morgan fingerprint density at radius 3 is 2.13 bits per heavy atom. The van der Waals surface area contributed by atoms with E-state index in [0.717, 1.165) is 24.2 Å². The molecule has 1 unspecified atom stereocenters. The predicted molar refractivity (Wildman–Crippen MR) is 145 cm³/mol. The zero-order chi connectivity index (χ0) is 26.9. The molecule has 0 aromatic heterocycles. The van der Waals surface area contributed by atoms with Crippen molar-refractivity contribution < 1.29 is 83.7 Å². The molecule has 39 heavy (non-hydrogen) atoms. The Labute approximate surface area is 282 Å². The minimum atomic E-state index is -1.42. The van der Waals surface area contributed by atoms with E-state index < -0.39 is 24.3 Å². The van der Waals surface area contributed by atoms with Gasteiger partial charge in [-0.05, 0) is 61.4 Å². The number of aliphatic carboxylic acids is 2. The molecule has 2 aromatic carbocycles. The molecule has 9 heteroatoms. The summed E-state index contributed by atoms with van der Waals surface area (Å²) in [7, 11) is 0. The third-order valence-corrected chi connectivity index (χ3v) is 7.54. The van der Waals surface area contributed by atoms with Gasteiger partial charge in [0.05, 0.1) is 12.4 Å². The maximum Gasteiger partial charge on any atom is 1.00 e. The number of aryl methyl sites for hydroxylation is 1. The van der Waals surface area contributed by atoms with Gasteiger partial charge in [-0.25, -0.2) is 0 Å². The summed E-state index contributed by atoms with van der Waals surface area (Å²) in [6, 6.07) is 16.0. The second kappa shape index (κ2) is 22.8. The van der Waals surface area contributed by atoms with Crippen LogP contribution in [-0.4, -0.2) is 17.8 Å². The van der Waals surface area contributed by atoms with Crippen LogP contribution < -0.4 is 74.6 Å². The van der Waals surface area contributed by atoms with Crippen molar-refractivity contribution in [3.05, 3.63) is 59.7 Å². The first kappa shape index (κ1) is 38.2. The largest absolute Gasteiger partial charge is 1.00 e. The number of rotatable bonds is 19. The van der Waals surface area contributed by atoms with Gasteiger partial charge < -0.3 is 25.1 Å². The molecular weight excluding hydrogens is 532 g/mol. The molecule has 202 valence electrons. The second-order valence-electron chi connectivity index (χ2n) is 9.46. The molecule has 0 aliphatic heterocycles. The number of carbonyl (C=O) groups is 3. The van der Waals surface area contributed by atoms with Crippen molar-refractivity contribution in [2.24, 2.45) is 0 Å². The Balaban J connectivity index is 0.00000722. The maximum absolute atomic E-state index is 11.8. The number of carboxylic acids is 2. The van der Waals surface area contributed by atoms with Crippen LogP contribution in [0.4, 0.5) is 5.69 Å². The molecule has 1 N–H and O–H groups in total. The van der Waals surface area contributed by atoms with Crippen LogP contribution in [0.1, 0.15) is 100 Å². The Bertz CT molecular complexity index is 988. The molecule has 0 heterocycles. The fourth-order valence-corrected chi connectivity index (χ4v) is 5.48. The van der Waals surface area contributed by atoms with Gasteiger partial charge in [-0.1, -0.05) is 82.2 Å². The van der Waals surface area contributed by atoms with Crippen LogP contribution in [0, 0.1) is 0 Å². The number of anilines is 1. The summed E-state index contributed by atoms with van der Waals surface area (Å²) in [5.41, 5.74) is 3.03. The Morgan fingerprint density at radius 2 is 1.49 bits per heavy atom. The summed E-state index contributed by atoms with van der Waals surface area (Å²) in [6.07, 6.45) is 11.6. The Morgan fingerprint density at radius 1 is 0.821 bits per heavy atom. The molecular formula is C30H39NNa2O5S. The van der Waals surface area contributed by atoms with E-state index in [4.69, 9.17) is 0 Å². The number of benzene rings is 2. The number of carboxylic acid groups (broad SMARTS) is 2. The number of hydrogen-bond donors (Lipinski definition) is 1. The molecule has 0 fully saturated rings. The fourth-order valence-electron chi connectivity index (χ4n) is 4.23. The topological polar surface area (TPSA) is 109 Å². The predicted octanol–water partition coefficient (Wildman–Crippen LogP) is -0.790. The first-order chi connectivity index (χ1) is 17.9. The van der Waals surface area contributed by atoms with Crippen molar-refractivity contribution in [1.82, 2.24) is 0 Å². The Hall–Kier alpha value is -0.800. The number of thioether (sulfide) groups is 1. The molecule has 0 spiro atoms. The molecule has 0 bridgehead atoms. The van der Waals surface area contributed by atoms with Gasteiger partial charge in [0, 0.05) is 21.8 Å². The number of hydrogen-bond acceptors (Lipinski definition) is 6. The Kier molecular flexibility index (Phi) is 22.4. The van der Waals surface area contributed by atoms with E-state index in [1.807, 2.05) is 18.2 Å². The van der Waals surface area contributed by atoms with E-state index in [-0.39, 0.29) is 70.8 Å². The quantitative estimate of drug-likeness (QED) is 0.103. The van der Waals surface area contributed by atoms with Gasteiger partial charge in [-0.2, -0.15) is 0 Å². The summed E-state index contributed by atoms with van der Waals surface area (Å²) >= 11 is 1.65. The van der Waals surface area contributed by atoms with Crippen LogP contribution in [0.3, 0.4) is 0 Å². The van der Waals surface area contributed by atoms with E-state index in [2.05, 4.69) is 36.5 Å². The van der Waals surface area contributed by atoms with Gasteiger partial charge in [0.1, 0.15) is 0 Å². The monoisotopic (exact) mass is 571 g/mol. The van der Waals surface area contributed by atoms with Crippen LogP contribution in [-0.2, 0) is 20.8 Å². The van der Waals surface area contributed by atoms with E-state index in [1.54, 1.807) is 17.8 Å². The van der Waals surface area contributed by atoms with Crippen LogP contribution in [0.15, 0.2) is 53.4 Å². The molecule has 0 saturated carbocycles. The number of amides is 1. The van der Waals surface area contributed by atoms with E-state index in [9.17, 15) is 24.6 Å². The summed E-state index contributed by atoms with van der Waals surface area (Å²) < 4.78 is 0. The SMILES string of the molecule is CCCCCCCCCc1ccc(C(CCCCC(=O)[O-])Sc2cccc(NC(=O)CC(=O)[O-])c2)cc1.[Na+].[Na+]. The minimum absolute atomic E-state index is 0. The molecule has 2 aromatic rings. The van der Waals surface area contributed by atoms with Gasteiger partial charge in [0.25, 0.3) is 0 Å². The fraction of sp³-hybridized carbons (Fsp3) is 0.500. The van der Waals surface area contributed by atoms with Gasteiger partial charge in [-0.15, -0.1) is 11.8 Å².